The average molecular weight is 133 g/mol. The van der Waals surface area contributed by atoms with E-state index in [1.807, 2.05) is 0 Å². The lowest BCUT2D eigenvalue weighted by Gasteiger charge is -2.03. The molecule has 0 aliphatic carbocycles. The number of carboxylic acids is 1. The van der Waals surface area contributed by atoms with Crippen molar-refractivity contribution in [3.63, 3.8) is 0 Å². The van der Waals surface area contributed by atoms with Gasteiger partial charge < -0.3 is 15.5 Å². The Labute approximate surface area is 51.3 Å². The van der Waals surface area contributed by atoms with Crippen LogP contribution >= 0.6 is 0 Å². The summed E-state index contributed by atoms with van der Waals surface area (Å²) in [5, 5.41) is 18.1. The third-order valence-electron chi connectivity index (χ3n) is 0.574. The first kappa shape index (κ1) is 7.90. The van der Waals surface area contributed by atoms with E-state index < -0.39 is 18.1 Å². The van der Waals surface area contributed by atoms with Gasteiger partial charge in [0, 0.05) is 6.92 Å². The highest BCUT2D eigenvalue weighted by Crippen LogP contribution is 1.74. The van der Waals surface area contributed by atoms with E-state index >= 15 is 0 Å². The van der Waals surface area contributed by atoms with Crippen LogP contribution in [0.4, 0.5) is 0 Å². The third-order valence-corrected chi connectivity index (χ3v) is 0.574. The zero-order chi connectivity index (χ0) is 7.44. The number of carbonyl (C=O) groups is 2. The number of rotatable bonds is 2. The minimum atomic E-state index is -1.79. The van der Waals surface area contributed by atoms with Crippen LogP contribution < -0.4 is 5.32 Å². The second kappa shape index (κ2) is 3.03. The molecule has 0 fully saturated rings. The van der Waals surface area contributed by atoms with E-state index in [-0.39, 0.29) is 0 Å². The standard InChI is InChI=1S/C4H7NO4/c1-2(6)5-3(7)4(8)9/h3,7H,1H3,(H,5,6)(H,8,9). The van der Waals surface area contributed by atoms with Crippen molar-refractivity contribution in [2.75, 3.05) is 0 Å². The minimum Gasteiger partial charge on any atom is -0.478 e. The maximum atomic E-state index is 10.0. The SMILES string of the molecule is CC(=O)NC(O)C(=O)O. The van der Waals surface area contributed by atoms with E-state index in [1.165, 1.54) is 0 Å². The van der Waals surface area contributed by atoms with Gasteiger partial charge in [0.05, 0.1) is 0 Å². The van der Waals surface area contributed by atoms with E-state index in [9.17, 15) is 9.59 Å². The molecule has 0 aromatic carbocycles. The van der Waals surface area contributed by atoms with Crippen LogP contribution in [0, 0.1) is 0 Å². The minimum absolute atomic E-state index is 0.579. The van der Waals surface area contributed by atoms with Gasteiger partial charge in [-0.1, -0.05) is 0 Å². The monoisotopic (exact) mass is 133 g/mol. The fourth-order valence-electron chi connectivity index (χ4n) is 0.254. The van der Waals surface area contributed by atoms with Gasteiger partial charge in [0.2, 0.25) is 12.1 Å². The Morgan fingerprint density at radius 3 is 2.11 bits per heavy atom. The molecular weight excluding hydrogens is 126 g/mol. The summed E-state index contributed by atoms with van der Waals surface area (Å²) < 4.78 is 0. The van der Waals surface area contributed by atoms with E-state index in [0.29, 0.717) is 0 Å². The summed E-state index contributed by atoms with van der Waals surface area (Å²) in [4.78, 5) is 19.8. The van der Waals surface area contributed by atoms with Crippen molar-refractivity contribution in [1.82, 2.24) is 5.32 Å². The molecule has 0 aromatic heterocycles. The van der Waals surface area contributed by atoms with Crippen molar-refractivity contribution in [3.05, 3.63) is 0 Å². The maximum Gasteiger partial charge on any atom is 0.353 e. The molecule has 0 saturated carbocycles. The smallest absolute Gasteiger partial charge is 0.353 e. The molecule has 52 valence electrons. The van der Waals surface area contributed by atoms with Crippen LogP contribution in [0.15, 0.2) is 0 Å². The Bertz CT molecular complexity index is 133. The van der Waals surface area contributed by atoms with Gasteiger partial charge in [0.15, 0.2) is 0 Å². The Balaban J connectivity index is 3.63. The summed E-state index contributed by atoms with van der Waals surface area (Å²) >= 11 is 0. The molecule has 1 unspecified atom stereocenters. The molecule has 5 nitrogen and oxygen atoms in total. The van der Waals surface area contributed by atoms with Gasteiger partial charge in [0.25, 0.3) is 0 Å². The fourth-order valence-corrected chi connectivity index (χ4v) is 0.254. The predicted octanol–water partition coefficient (Wildman–Crippen LogP) is -1.47. The number of hydrogen-bond acceptors (Lipinski definition) is 3. The van der Waals surface area contributed by atoms with Gasteiger partial charge in [-0.3, -0.25) is 4.79 Å². The molecule has 0 bridgehead atoms. The van der Waals surface area contributed by atoms with Crippen LogP contribution in [-0.2, 0) is 9.59 Å². The quantitative estimate of drug-likeness (QED) is 0.401. The number of aliphatic carboxylic acids is 1. The molecule has 0 rings (SSSR count). The van der Waals surface area contributed by atoms with Gasteiger partial charge in [-0.15, -0.1) is 0 Å². The zero-order valence-electron chi connectivity index (χ0n) is 4.79. The molecule has 1 atom stereocenters. The van der Waals surface area contributed by atoms with Crippen LogP contribution in [0.3, 0.4) is 0 Å². The summed E-state index contributed by atoms with van der Waals surface area (Å²) in [6.45, 7) is 1.12. The van der Waals surface area contributed by atoms with Gasteiger partial charge in [-0.05, 0) is 0 Å². The molecule has 0 heterocycles. The lowest BCUT2D eigenvalue weighted by Crippen LogP contribution is -2.39. The van der Waals surface area contributed by atoms with Crippen molar-refractivity contribution in [1.29, 1.82) is 0 Å². The Kier molecular flexibility index (Phi) is 2.66. The molecule has 0 aliphatic heterocycles. The first-order chi connectivity index (χ1) is 4.04. The van der Waals surface area contributed by atoms with Crippen LogP contribution in [0.5, 0.6) is 0 Å². The highest BCUT2D eigenvalue weighted by molar-refractivity contribution is 5.80. The topological polar surface area (TPSA) is 86.6 Å². The Morgan fingerprint density at radius 2 is 2.00 bits per heavy atom. The van der Waals surface area contributed by atoms with Gasteiger partial charge in [-0.25, -0.2) is 4.79 Å². The van der Waals surface area contributed by atoms with Crippen molar-refractivity contribution < 1.29 is 19.8 Å². The van der Waals surface area contributed by atoms with Crippen molar-refractivity contribution in [2.24, 2.45) is 0 Å². The number of amides is 1. The van der Waals surface area contributed by atoms with E-state index in [0.717, 1.165) is 6.92 Å². The molecule has 3 N–H and O–H groups in total. The van der Waals surface area contributed by atoms with Crippen molar-refractivity contribution in [2.45, 2.75) is 13.2 Å². The molecule has 9 heavy (non-hydrogen) atoms. The van der Waals surface area contributed by atoms with Crippen LogP contribution in [0.2, 0.25) is 0 Å². The first-order valence-corrected chi connectivity index (χ1v) is 2.22. The number of carbonyl (C=O) groups excluding carboxylic acids is 1. The molecule has 0 aromatic rings. The number of nitrogens with one attached hydrogen (secondary N) is 1. The van der Waals surface area contributed by atoms with Crippen LogP contribution in [0.25, 0.3) is 0 Å². The average Bonchev–Trinajstić information content (AvgIpc) is 1.63. The Morgan fingerprint density at radius 1 is 1.56 bits per heavy atom. The van der Waals surface area contributed by atoms with E-state index in [1.54, 1.807) is 5.32 Å². The summed E-state index contributed by atoms with van der Waals surface area (Å²) in [6.07, 6.45) is -1.79. The first-order valence-electron chi connectivity index (χ1n) is 2.22. The lowest BCUT2D eigenvalue weighted by atomic mass is 10.5. The molecule has 0 radical (unpaired) electrons. The molecular formula is C4H7NO4. The number of hydrogen-bond donors (Lipinski definition) is 3. The maximum absolute atomic E-state index is 10.0. The largest absolute Gasteiger partial charge is 0.478 e. The third kappa shape index (κ3) is 3.48. The zero-order valence-corrected chi connectivity index (χ0v) is 4.79. The summed E-state index contributed by atoms with van der Waals surface area (Å²) in [6, 6.07) is 0. The summed E-state index contributed by atoms with van der Waals surface area (Å²) in [7, 11) is 0. The second-order valence-corrected chi connectivity index (χ2v) is 1.44. The van der Waals surface area contributed by atoms with E-state index in [4.69, 9.17) is 10.2 Å². The molecule has 0 spiro atoms. The lowest BCUT2D eigenvalue weighted by molar-refractivity contribution is -0.150. The predicted molar refractivity (Wildman–Crippen MR) is 27.5 cm³/mol. The second-order valence-electron chi connectivity index (χ2n) is 1.44. The van der Waals surface area contributed by atoms with Gasteiger partial charge in [-0.2, -0.15) is 0 Å². The van der Waals surface area contributed by atoms with Crippen LogP contribution in [-0.4, -0.2) is 28.3 Å². The van der Waals surface area contributed by atoms with Gasteiger partial charge in [0.1, 0.15) is 0 Å². The van der Waals surface area contributed by atoms with Gasteiger partial charge >= 0.3 is 5.97 Å². The summed E-state index contributed by atoms with van der Waals surface area (Å²) in [5.74, 6) is -2.05. The van der Waals surface area contributed by atoms with Crippen molar-refractivity contribution >= 4 is 11.9 Å². The van der Waals surface area contributed by atoms with E-state index in [2.05, 4.69) is 0 Å². The fraction of sp³-hybridized carbons (Fsp3) is 0.500. The normalized spacial score (nSPS) is 12.2. The molecule has 0 saturated heterocycles. The van der Waals surface area contributed by atoms with Crippen LogP contribution in [0.1, 0.15) is 6.92 Å². The summed E-state index contributed by atoms with van der Waals surface area (Å²) in [5.41, 5.74) is 0. The highest BCUT2D eigenvalue weighted by Gasteiger charge is 2.12. The molecule has 1 amide bonds. The number of aliphatic hydroxyl groups is 1. The van der Waals surface area contributed by atoms with Crippen molar-refractivity contribution in [3.8, 4) is 0 Å². The molecule has 5 heteroatoms. The number of aliphatic hydroxyl groups excluding tert-OH is 1. The highest BCUT2D eigenvalue weighted by atomic mass is 16.4. The number of carboxylic acid groups (broad SMARTS) is 1. The Hall–Kier alpha value is -1.10. The molecule has 0 aliphatic rings.